The van der Waals surface area contributed by atoms with E-state index in [0.717, 1.165) is 84.5 Å². The van der Waals surface area contributed by atoms with Gasteiger partial charge in [0, 0.05) is 89.6 Å². The van der Waals surface area contributed by atoms with Gasteiger partial charge in [0.05, 0.1) is 33.9 Å². The summed E-state index contributed by atoms with van der Waals surface area (Å²) in [5.41, 5.74) is 7.36. The molecule has 1 fully saturated rings. The number of allylic oxidation sites excluding steroid dienone is 5. The molecule has 4 unspecified atom stereocenters. The highest BCUT2D eigenvalue weighted by Crippen LogP contribution is 2.36. The normalized spacial score (nSPS) is 17.4. The van der Waals surface area contributed by atoms with Crippen LogP contribution in [0.4, 0.5) is 0 Å². The van der Waals surface area contributed by atoms with Crippen molar-refractivity contribution in [1.82, 2.24) is 43.4 Å². The molecule has 548 valence electrons. The van der Waals surface area contributed by atoms with Crippen molar-refractivity contribution in [3.05, 3.63) is 149 Å². The minimum Gasteiger partial charge on any atom is -0.339 e. The second-order valence-corrected chi connectivity index (χ2v) is 36.4. The van der Waals surface area contributed by atoms with Crippen molar-refractivity contribution in [2.45, 2.75) is 253 Å². The molecule has 2 aliphatic heterocycles. The number of carbonyl (C=O) groups excluding carboxylic acids is 3. The van der Waals surface area contributed by atoms with Crippen LogP contribution < -0.4 is 0 Å². The second kappa shape index (κ2) is 39.1. The van der Waals surface area contributed by atoms with E-state index in [4.69, 9.17) is 19.3 Å². The molecule has 1 amide bonds. The molecular weight excluding hydrogens is 1270 g/mol. The second-order valence-electron chi connectivity index (χ2n) is 34.9. The summed E-state index contributed by atoms with van der Waals surface area (Å²) in [7, 11) is 0. The standard InChI is InChI=1S/C11H19NO.C10H13N.2C10H16O.2C9H14N2.2C9H11NS.C8H14N2/c1-5-10(13)12-7-6-9(8-12)11(2,3)4;1-5-9-8(6-7-11-9)10(2,3)4;1-10(2,3)8-5-4-6-9(11)7-8;1-10(2,3)8-6-4-5-7-9(8)11;1-5-8-10-6-7-11(8)9(2,3)4;1-5-8-6-7-11(10-8)9(2,3)4;1-5-8-10-7(6-11-8)9(2,3)4;1-5-8-7(6-11-10-8)9(2,3)4;1-7-5-6-10(9-7)8(2,3)4/h5,9H,1,6-8H2,2-4H3;1,6-8H,2-4H3;4,6,8H,5,7H2,1-3H3;5,7-8H,4,6H2,1-3H3;2*5-7H,1H2,2-4H3;2*1,6H,2-4H3;5-6H,1-4H3. The number of carbonyl (C=O) groups is 3. The van der Waals surface area contributed by atoms with Gasteiger partial charge < -0.3 is 9.47 Å². The summed E-state index contributed by atoms with van der Waals surface area (Å²) in [6.45, 7) is 72.8. The maximum absolute atomic E-state index is 11.4. The number of aliphatic imine (C=N–C) groups is 1. The summed E-state index contributed by atoms with van der Waals surface area (Å²) in [6.07, 6.45) is 44.8. The van der Waals surface area contributed by atoms with Gasteiger partial charge in [-0.05, 0) is 200 Å². The number of aromatic nitrogens is 8. The van der Waals surface area contributed by atoms with Crippen LogP contribution in [0, 0.1) is 89.3 Å². The van der Waals surface area contributed by atoms with Crippen molar-refractivity contribution < 1.29 is 14.4 Å². The highest BCUT2D eigenvalue weighted by molar-refractivity contribution is 7.10. The third-order valence-electron chi connectivity index (χ3n) is 16.9. The lowest BCUT2D eigenvalue weighted by Crippen LogP contribution is -2.29. The molecule has 5 aromatic rings. The van der Waals surface area contributed by atoms with E-state index in [1.54, 1.807) is 36.7 Å². The number of amides is 1. The summed E-state index contributed by atoms with van der Waals surface area (Å²) in [6, 6.07) is 3.98. The third kappa shape index (κ3) is 32.4. The fourth-order valence-corrected chi connectivity index (χ4v) is 11.9. The smallest absolute Gasteiger partial charge is 0.245 e. The number of imidazole rings is 1. The SMILES string of the molecule is C#CC1=NC=CC1C(C)(C)C.C#Cc1nc(C(C)(C)C)cs1.C#Cc1nscc1C(C)(C)C.C=CC(=O)N1CCC(C(C)(C)C)C1.C=Cc1ccn(C(C)(C)C)n1.C=Cc1nccn1C(C)(C)C.CC(C)(C)C1CC=CC(=O)C1.CC(C)(C)C1CCC=CC1=O.Cc1ccn(C(C)(C)C)n1. The first-order chi connectivity index (χ1) is 45.7. The predicted octanol–water partition coefficient (Wildman–Crippen LogP) is 20.8. The van der Waals surface area contributed by atoms with Crippen molar-refractivity contribution in [2.24, 2.45) is 50.3 Å². The van der Waals surface area contributed by atoms with Gasteiger partial charge in [-0.3, -0.25) is 28.7 Å². The largest absolute Gasteiger partial charge is 0.339 e. The Morgan fingerprint density at radius 3 is 1.57 bits per heavy atom. The first-order valence-corrected chi connectivity index (χ1v) is 36.7. The van der Waals surface area contributed by atoms with Gasteiger partial charge in [-0.25, -0.2) is 9.97 Å². The van der Waals surface area contributed by atoms with Crippen molar-refractivity contribution in [1.29, 1.82) is 0 Å². The molecule has 0 saturated carbocycles. The monoisotopic (exact) mass is 1400 g/mol. The number of rotatable bonds is 3. The van der Waals surface area contributed by atoms with Gasteiger partial charge in [-0.1, -0.05) is 169 Å². The van der Waals surface area contributed by atoms with Crippen LogP contribution >= 0.6 is 22.9 Å². The van der Waals surface area contributed by atoms with Crippen molar-refractivity contribution in [2.75, 3.05) is 13.1 Å². The minimum absolute atomic E-state index is 0.0707. The van der Waals surface area contributed by atoms with Gasteiger partial charge in [-0.2, -0.15) is 14.6 Å². The van der Waals surface area contributed by atoms with Crippen LogP contribution in [0.5, 0.6) is 0 Å². The highest BCUT2D eigenvalue weighted by atomic mass is 32.1. The van der Waals surface area contributed by atoms with E-state index in [9.17, 15) is 14.4 Å². The average molecular weight is 1400 g/mol. The number of thiazole rings is 1. The maximum Gasteiger partial charge on any atom is 0.245 e. The highest BCUT2D eigenvalue weighted by Gasteiger charge is 2.34. The molecule has 9 rings (SSSR count). The Bertz CT molecular complexity index is 3650. The number of ketones is 2. The van der Waals surface area contributed by atoms with E-state index >= 15 is 0 Å². The molecule has 7 heterocycles. The first-order valence-electron chi connectivity index (χ1n) is 34.9. The molecule has 0 N–H and O–H groups in total. The van der Waals surface area contributed by atoms with Crippen LogP contribution in [-0.2, 0) is 41.8 Å². The van der Waals surface area contributed by atoms with Gasteiger partial charge in [0.1, 0.15) is 11.5 Å². The molecule has 15 heteroatoms. The van der Waals surface area contributed by atoms with Gasteiger partial charge in [-0.15, -0.1) is 30.6 Å². The number of likely N-dealkylation sites (tertiary alicyclic amines) is 1. The number of nitrogens with zero attached hydrogens (tertiary/aromatic N) is 10. The molecule has 13 nitrogen and oxygen atoms in total. The molecule has 0 spiro atoms. The lowest BCUT2D eigenvalue weighted by Gasteiger charge is -2.30. The predicted molar refractivity (Wildman–Crippen MR) is 429 cm³/mol. The van der Waals surface area contributed by atoms with E-state index in [1.165, 1.54) is 34.5 Å². The molecule has 4 aliphatic rings. The molecule has 2 aliphatic carbocycles. The number of aryl methyl sites for hydroxylation is 1. The van der Waals surface area contributed by atoms with Crippen LogP contribution in [0.25, 0.3) is 12.2 Å². The van der Waals surface area contributed by atoms with Gasteiger partial charge in [0.25, 0.3) is 0 Å². The van der Waals surface area contributed by atoms with E-state index in [-0.39, 0.29) is 61.3 Å². The van der Waals surface area contributed by atoms with E-state index in [2.05, 4.69) is 265 Å². The summed E-state index contributed by atoms with van der Waals surface area (Å²) in [4.78, 5) is 48.1. The quantitative estimate of drug-likeness (QED) is 0.128. The Morgan fingerprint density at radius 1 is 0.650 bits per heavy atom. The first kappa shape index (κ1) is 90.5. The van der Waals surface area contributed by atoms with E-state index in [1.807, 2.05) is 74.8 Å². The van der Waals surface area contributed by atoms with Gasteiger partial charge >= 0.3 is 0 Å². The Morgan fingerprint density at radius 2 is 1.24 bits per heavy atom. The Kier molecular flexibility index (Phi) is 35.4. The maximum atomic E-state index is 11.4. The summed E-state index contributed by atoms with van der Waals surface area (Å²) < 4.78 is 10.1. The van der Waals surface area contributed by atoms with Crippen LogP contribution in [0.3, 0.4) is 0 Å². The fourth-order valence-electron chi connectivity index (χ4n) is 10.2. The van der Waals surface area contributed by atoms with Crippen molar-refractivity contribution >= 4 is 58.2 Å². The molecule has 100 heavy (non-hydrogen) atoms. The molecule has 1 saturated heterocycles. The lowest BCUT2D eigenvalue weighted by molar-refractivity contribution is -0.125. The third-order valence-corrected chi connectivity index (χ3v) is 18.3. The Balaban J connectivity index is 0.000000563. The molecular formula is C85H128N10O3S2. The lowest BCUT2D eigenvalue weighted by atomic mass is 9.74. The van der Waals surface area contributed by atoms with Gasteiger partial charge in [0.2, 0.25) is 5.91 Å². The summed E-state index contributed by atoms with van der Waals surface area (Å²) in [5, 5.41) is 13.4. The van der Waals surface area contributed by atoms with Gasteiger partial charge in [0.15, 0.2) is 16.6 Å². The summed E-state index contributed by atoms with van der Waals surface area (Å²) in [5.74, 6) is 11.1. The topological polar surface area (TPSA) is 146 Å². The fraction of sp³-hybridized carbons (Fsp3) is 0.565. The Labute approximate surface area is 615 Å². The van der Waals surface area contributed by atoms with E-state index < -0.39 is 0 Å². The number of terminal acetylenes is 3. The number of hydrogen-bond acceptors (Lipinski definition) is 11. The molecule has 0 aromatic carbocycles. The van der Waals surface area contributed by atoms with Crippen molar-refractivity contribution in [3.8, 4) is 37.0 Å². The molecule has 0 bridgehead atoms. The van der Waals surface area contributed by atoms with Crippen LogP contribution in [-0.4, -0.2) is 79.6 Å². The zero-order valence-corrected chi connectivity index (χ0v) is 68.6. The van der Waals surface area contributed by atoms with E-state index in [0.29, 0.717) is 29.0 Å². The Hall–Kier alpha value is -7.51. The molecule has 4 atom stereocenters. The summed E-state index contributed by atoms with van der Waals surface area (Å²) >= 11 is 2.95. The zero-order valence-electron chi connectivity index (χ0n) is 66.9. The molecule has 0 radical (unpaired) electrons. The van der Waals surface area contributed by atoms with Crippen LogP contribution in [0.1, 0.15) is 258 Å². The van der Waals surface area contributed by atoms with Crippen molar-refractivity contribution in [3.63, 3.8) is 0 Å². The average Bonchev–Trinajstić information content (AvgIpc) is 1.64. The number of hydrogen-bond donors (Lipinski definition) is 0. The van der Waals surface area contributed by atoms with Crippen LogP contribution in [0.2, 0.25) is 0 Å². The zero-order chi connectivity index (χ0) is 77.2. The molecule has 5 aromatic heterocycles. The van der Waals surface area contributed by atoms with Crippen LogP contribution in [0.15, 0.2) is 115 Å². The minimum atomic E-state index is 0.0707.